The number of aromatic nitrogens is 1. The Morgan fingerprint density at radius 1 is 1.11 bits per heavy atom. The predicted octanol–water partition coefficient (Wildman–Crippen LogP) is 2.57. The number of nitrogens with zero attached hydrogens (tertiary/aromatic N) is 2. The number of nitro benzene ring substituents is 1. The second-order valence-electron chi connectivity index (χ2n) is 5.87. The number of fused-ring (bicyclic) bond motifs is 1. The van der Waals surface area contributed by atoms with Crippen molar-refractivity contribution in [3.05, 3.63) is 69.0 Å². The van der Waals surface area contributed by atoms with Gasteiger partial charge in [-0.3, -0.25) is 24.3 Å². The molecule has 1 heterocycles. The minimum Gasteiger partial charge on any atom is -0.497 e. The average Bonchev–Trinajstić information content (AvgIpc) is 2.69. The smallest absolute Gasteiger partial charge is 0.270 e. The van der Waals surface area contributed by atoms with E-state index in [4.69, 9.17) is 9.47 Å². The number of methoxy groups -OCH3 is 2. The molecule has 0 radical (unpaired) electrons. The third-order valence-electron chi connectivity index (χ3n) is 4.17. The largest absolute Gasteiger partial charge is 0.497 e. The molecular formula is C19H17N3O6. The van der Waals surface area contributed by atoms with Gasteiger partial charge in [0.1, 0.15) is 18.0 Å². The van der Waals surface area contributed by atoms with Crippen LogP contribution in [0.2, 0.25) is 0 Å². The zero-order valence-electron chi connectivity index (χ0n) is 15.2. The van der Waals surface area contributed by atoms with Crippen LogP contribution in [-0.2, 0) is 11.3 Å². The number of benzene rings is 2. The third kappa shape index (κ3) is 3.78. The Morgan fingerprint density at radius 3 is 2.57 bits per heavy atom. The highest BCUT2D eigenvalue weighted by molar-refractivity contribution is 5.93. The van der Waals surface area contributed by atoms with Gasteiger partial charge in [-0.05, 0) is 24.3 Å². The van der Waals surface area contributed by atoms with E-state index in [0.717, 1.165) is 0 Å². The maximum atomic E-state index is 12.5. The van der Waals surface area contributed by atoms with E-state index in [-0.39, 0.29) is 12.2 Å². The first kappa shape index (κ1) is 18.9. The van der Waals surface area contributed by atoms with Crippen molar-refractivity contribution in [2.45, 2.75) is 6.54 Å². The highest BCUT2D eigenvalue weighted by Gasteiger charge is 2.14. The zero-order chi connectivity index (χ0) is 20.3. The lowest BCUT2D eigenvalue weighted by molar-refractivity contribution is -0.384. The van der Waals surface area contributed by atoms with Crippen molar-refractivity contribution >= 4 is 28.2 Å². The van der Waals surface area contributed by atoms with Crippen molar-refractivity contribution in [3.63, 3.8) is 0 Å². The second-order valence-corrected chi connectivity index (χ2v) is 5.87. The molecule has 9 heteroatoms. The van der Waals surface area contributed by atoms with Gasteiger partial charge in [0.15, 0.2) is 0 Å². The summed E-state index contributed by atoms with van der Waals surface area (Å²) in [6.45, 7) is -0.269. The molecule has 0 fully saturated rings. The van der Waals surface area contributed by atoms with Gasteiger partial charge in [0.05, 0.1) is 30.3 Å². The first-order valence-electron chi connectivity index (χ1n) is 8.23. The van der Waals surface area contributed by atoms with Crippen molar-refractivity contribution in [3.8, 4) is 11.5 Å². The second kappa shape index (κ2) is 7.78. The molecule has 1 aromatic heterocycles. The Balaban J connectivity index is 1.92. The molecule has 0 saturated heterocycles. The van der Waals surface area contributed by atoms with Gasteiger partial charge in [-0.2, -0.15) is 0 Å². The summed E-state index contributed by atoms with van der Waals surface area (Å²) < 4.78 is 11.6. The Hall–Kier alpha value is -3.88. The van der Waals surface area contributed by atoms with Gasteiger partial charge in [-0.1, -0.05) is 0 Å². The van der Waals surface area contributed by atoms with E-state index in [0.29, 0.717) is 28.1 Å². The maximum Gasteiger partial charge on any atom is 0.270 e. The Labute approximate surface area is 159 Å². The molecular weight excluding hydrogens is 366 g/mol. The number of ether oxygens (including phenoxy) is 2. The molecule has 3 rings (SSSR count). The molecule has 3 aromatic rings. The standard InChI is InChI=1S/C19H17N3O6/c1-27-14-5-7-17(28-2)15(10-14)20-18(23)11-21-16-6-4-13(22(25)26)9-12(16)3-8-19(21)24/h3-10H,11H2,1-2H3,(H,20,23). The SMILES string of the molecule is COc1ccc(OC)c(NC(=O)Cn2c(=O)ccc3cc([N+](=O)[O-])ccc32)c1. The first-order chi connectivity index (χ1) is 13.4. The topological polar surface area (TPSA) is 113 Å². The van der Waals surface area contributed by atoms with Crippen LogP contribution < -0.4 is 20.3 Å². The average molecular weight is 383 g/mol. The third-order valence-corrected chi connectivity index (χ3v) is 4.17. The summed E-state index contributed by atoms with van der Waals surface area (Å²) in [6.07, 6.45) is 0. The fraction of sp³-hybridized carbons (Fsp3) is 0.158. The number of hydrogen-bond donors (Lipinski definition) is 1. The van der Waals surface area contributed by atoms with Gasteiger partial charge in [0.25, 0.3) is 11.2 Å². The van der Waals surface area contributed by atoms with E-state index in [1.807, 2.05) is 0 Å². The summed E-state index contributed by atoms with van der Waals surface area (Å²) in [6, 6.07) is 11.8. The van der Waals surface area contributed by atoms with Crippen molar-refractivity contribution in [1.29, 1.82) is 0 Å². The minimum absolute atomic E-state index is 0.0942. The van der Waals surface area contributed by atoms with Crippen LogP contribution in [0.4, 0.5) is 11.4 Å². The molecule has 28 heavy (non-hydrogen) atoms. The normalized spacial score (nSPS) is 10.5. The van der Waals surface area contributed by atoms with E-state index in [1.54, 1.807) is 18.2 Å². The molecule has 1 N–H and O–H groups in total. The van der Waals surface area contributed by atoms with Crippen LogP contribution in [0, 0.1) is 10.1 Å². The van der Waals surface area contributed by atoms with E-state index in [2.05, 4.69) is 5.32 Å². The molecule has 0 unspecified atom stereocenters. The number of amides is 1. The number of carbonyl (C=O) groups excluding carboxylic acids is 1. The van der Waals surface area contributed by atoms with Gasteiger partial charge < -0.3 is 14.8 Å². The fourth-order valence-electron chi connectivity index (χ4n) is 2.81. The summed E-state index contributed by atoms with van der Waals surface area (Å²) in [5.74, 6) is 0.514. The highest BCUT2D eigenvalue weighted by atomic mass is 16.6. The molecule has 0 aliphatic carbocycles. The minimum atomic E-state index is -0.517. The van der Waals surface area contributed by atoms with Gasteiger partial charge in [-0.15, -0.1) is 0 Å². The Morgan fingerprint density at radius 2 is 1.89 bits per heavy atom. The van der Waals surface area contributed by atoms with Crippen LogP contribution in [0.5, 0.6) is 11.5 Å². The summed E-state index contributed by atoms with van der Waals surface area (Å²) >= 11 is 0. The van der Waals surface area contributed by atoms with Crippen LogP contribution in [0.3, 0.4) is 0 Å². The maximum absolute atomic E-state index is 12.5. The lowest BCUT2D eigenvalue weighted by Crippen LogP contribution is -2.27. The van der Waals surface area contributed by atoms with Crippen LogP contribution in [0.25, 0.3) is 10.9 Å². The first-order valence-corrected chi connectivity index (χ1v) is 8.23. The van der Waals surface area contributed by atoms with E-state index >= 15 is 0 Å². The molecule has 0 bridgehead atoms. The molecule has 0 spiro atoms. The van der Waals surface area contributed by atoms with Gasteiger partial charge in [-0.25, -0.2) is 0 Å². The molecule has 2 aromatic carbocycles. The lowest BCUT2D eigenvalue weighted by Gasteiger charge is -2.13. The summed E-state index contributed by atoms with van der Waals surface area (Å²) in [5.41, 5.74) is 0.332. The number of nitro groups is 1. The van der Waals surface area contributed by atoms with Crippen molar-refractivity contribution in [1.82, 2.24) is 4.57 Å². The van der Waals surface area contributed by atoms with E-state index < -0.39 is 16.4 Å². The fourth-order valence-corrected chi connectivity index (χ4v) is 2.81. The molecule has 0 saturated carbocycles. The van der Waals surface area contributed by atoms with E-state index in [9.17, 15) is 19.7 Å². The Bertz CT molecular complexity index is 1120. The molecule has 9 nitrogen and oxygen atoms in total. The number of anilines is 1. The summed E-state index contributed by atoms with van der Waals surface area (Å²) in [7, 11) is 2.97. The zero-order valence-corrected chi connectivity index (χ0v) is 15.2. The monoisotopic (exact) mass is 383 g/mol. The quantitative estimate of drug-likeness (QED) is 0.517. The molecule has 144 valence electrons. The molecule has 0 aliphatic heterocycles. The van der Waals surface area contributed by atoms with Crippen LogP contribution >= 0.6 is 0 Å². The highest BCUT2D eigenvalue weighted by Crippen LogP contribution is 2.29. The van der Waals surface area contributed by atoms with Crippen molar-refractivity contribution in [2.75, 3.05) is 19.5 Å². The number of rotatable bonds is 6. The van der Waals surface area contributed by atoms with Gasteiger partial charge >= 0.3 is 0 Å². The van der Waals surface area contributed by atoms with Crippen molar-refractivity contribution < 1.29 is 19.2 Å². The van der Waals surface area contributed by atoms with Crippen LogP contribution in [0.15, 0.2) is 53.3 Å². The summed E-state index contributed by atoms with van der Waals surface area (Å²) in [4.78, 5) is 35.2. The number of non-ortho nitro benzene ring substituents is 1. The lowest BCUT2D eigenvalue weighted by atomic mass is 10.2. The number of pyridine rings is 1. The van der Waals surface area contributed by atoms with Gasteiger partial charge in [0.2, 0.25) is 5.91 Å². The molecule has 1 amide bonds. The number of nitrogens with one attached hydrogen (secondary N) is 1. The van der Waals surface area contributed by atoms with Crippen LogP contribution in [-0.4, -0.2) is 29.6 Å². The Kier molecular flexibility index (Phi) is 5.25. The summed E-state index contributed by atoms with van der Waals surface area (Å²) in [5, 5.41) is 14.1. The molecule has 0 atom stereocenters. The molecule has 0 aliphatic rings. The number of hydrogen-bond acceptors (Lipinski definition) is 6. The van der Waals surface area contributed by atoms with E-state index in [1.165, 1.54) is 49.1 Å². The van der Waals surface area contributed by atoms with Crippen LogP contribution in [0.1, 0.15) is 0 Å². The number of carbonyl (C=O) groups is 1. The van der Waals surface area contributed by atoms with Crippen molar-refractivity contribution in [2.24, 2.45) is 0 Å². The van der Waals surface area contributed by atoms with Gasteiger partial charge in [0, 0.05) is 29.7 Å². The predicted molar refractivity (Wildman–Crippen MR) is 103 cm³/mol.